The molecule has 1 heterocycles. The first-order chi connectivity index (χ1) is 6.14. The van der Waals surface area contributed by atoms with Gasteiger partial charge in [0, 0.05) is 25.2 Å². The number of hydrogen-bond donors (Lipinski definition) is 2. The lowest BCUT2D eigenvalue weighted by Gasteiger charge is -2.24. The van der Waals surface area contributed by atoms with Gasteiger partial charge in [0.25, 0.3) is 0 Å². The maximum Gasteiger partial charge on any atom is 0.0700 e. The molecular formula is C10H22N2O. The molecule has 78 valence electrons. The first-order valence-corrected chi connectivity index (χ1v) is 5.25. The van der Waals surface area contributed by atoms with Crippen LogP contribution in [-0.2, 0) is 4.74 Å². The fourth-order valence-electron chi connectivity index (χ4n) is 1.45. The lowest BCUT2D eigenvalue weighted by molar-refractivity contribution is 0.109. The van der Waals surface area contributed by atoms with Gasteiger partial charge in [-0.3, -0.25) is 0 Å². The topological polar surface area (TPSA) is 47.3 Å². The van der Waals surface area contributed by atoms with E-state index in [-0.39, 0.29) is 5.54 Å². The summed E-state index contributed by atoms with van der Waals surface area (Å²) in [5.41, 5.74) is 5.93. The molecule has 2 unspecified atom stereocenters. The molecular weight excluding hydrogens is 164 g/mol. The minimum atomic E-state index is -0.0708. The van der Waals surface area contributed by atoms with Crippen molar-refractivity contribution < 1.29 is 4.74 Å². The smallest absolute Gasteiger partial charge is 0.0700 e. The number of nitrogens with one attached hydrogen (secondary N) is 1. The molecule has 0 aromatic carbocycles. The van der Waals surface area contributed by atoms with Gasteiger partial charge in [0.05, 0.1) is 6.10 Å². The molecule has 0 amide bonds. The molecule has 3 nitrogen and oxygen atoms in total. The molecule has 13 heavy (non-hydrogen) atoms. The van der Waals surface area contributed by atoms with Gasteiger partial charge in [0.2, 0.25) is 0 Å². The van der Waals surface area contributed by atoms with E-state index in [2.05, 4.69) is 19.2 Å². The first-order valence-electron chi connectivity index (χ1n) is 5.25. The molecule has 1 aliphatic heterocycles. The number of rotatable bonds is 5. The zero-order valence-electron chi connectivity index (χ0n) is 8.81. The van der Waals surface area contributed by atoms with Gasteiger partial charge in [-0.15, -0.1) is 0 Å². The maximum absolute atomic E-state index is 6.00. The van der Waals surface area contributed by atoms with Crippen molar-refractivity contribution in [2.75, 3.05) is 19.7 Å². The Kier molecular flexibility index (Phi) is 4.16. The molecule has 3 N–H and O–H groups in total. The van der Waals surface area contributed by atoms with E-state index in [4.69, 9.17) is 10.5 Å². The van der Waals surface area contributed by atoms with Crippen molar-refractivity contribution in [3.05, 3.63) is 0 Å². The molecule has 0 radical (unpaired) electrons. The fourth-order valence-corrected chi connectivity index (χ4v) is 1.45. The molecule has 0 saturated carbocycles. The fraction of sp³-hybridized carbons (Fsp3) is 1.00. The molecule has 0 aliphatic carbocycles. The van der Waals surface area contributed by atoms with Gasteiger partial charge in [0.15, 0.2) is 0 Å². The summed E-state index contributed by atoms with van der Waals surface area (Å²) < 4.78 is 5.50. The highest BCUT2D eigenvalue weighted by Crippen LogP contribution is 2.11. The van der Waals surface area contributed by atoms with Crippen molar-refractivity contribution >= 4 is 0 Å². The average molecular weight is 186 g/mol. The largest absolute Gasteiger partial charge is 0.377 e. The van der Waals surface area contributed by atoms with Crippen molar-refractivity contribution in [2.24, 2.45) is 5.73 Å². The van der Waals surface area contributed by atoms with E-state index in [1.807, 2.05) is 0 Å². The Balaban J connectivity index is 2.06. The van der Waals surface area contributed by atoms with Crippen LogP contribution >= 0.6 is 0 Å². The van der Waals surface area contributed by atoms with Gasteiger partial charge in [-0.05, 0) is 26.2 Å². The third-order valence-corrected chi connectivity index (χ3v) is 2.73. The zero-order valence-corrected chi connectivity index (χ0v) is 8.81. The quantitative estimate of drug-likeness (QED) is 0.670. The highest BCUT2D eigenvalue weighted by Gasteiger charge is 2.18. The molecule has 3 heteroatoms. The third-order valence-electron chi connectivity index (χ3n) is 2.73. The van der Waals surface area contributed by atoms with E-state index in [1.54, 1.807) is 0 Å². The van der Waals surface area contributed by atoms with Crippen LogP contribution in [0.4, 0.5) is 0 Å². The Morgan fingerprint density at radius 1 is 1.62 bits per heavy atom. The summed E-state index contributed by atoms with van der Waals surface area (Å²) in [6.07, 6.45) is 3.83. The molecule has 2 atom stereocenters. The summed E-state index contributed by atoms with van der Waals surface area (Å²) in [6, 6.07) is 0. The van der Waals surface area contributed by atoms with Crippen LogP contribution in [0.25, 0.3) is 0 Å². The Bertz CT molecular complexity index is 142. The Morgan fingerprint density at radius 3 is 2.92 bits per heavy atom. The second kappa shape index (κ2) is 4.94. The maximum atomic E-state index is 6.00. The van der Waals surface area contributed by atoms with E-state index in [0.717, 1.165) is 26.1 Å². The van der Waals surface area contributed by atoms with E-state index >= 15 is 0 Å². The molecule has 0 bridgehead atoms. The van der Waals surface area contributed by atoms with Gasteiger partial charge >= 0.3 is 0 Å². The van der Waals surface area contributed by atoms with Crippen LogP contribution in [0.15, 0.2) is 0 Å². The third kappa shape index (κ3) is 4.07. The van der Waals surface area contributed by atoms with E-state index in [9.17, 15) is 0 Å². The van der Waals surface area contributed by atoms with Crippen molar-refractivity contribution in [1.82, 2.24) is 5.32 Å². The molecule has 1 saturated heterocycles. The second-order valence-corrected chi connectivity index (χ2v) is 4.27. The predicted molar refractivity (Wildman–Crippen MR) is 54.7 cm³/mol. The van der Waals surface area contributed by atoms with E-state index in [0.29, 0.717) is 6.10 Å². The molecule has 1 fully saturated rings. The van der Waals surface area contributed by atoms with Crippen LogP contribution in [0.1, 0.15) is 33.1 Å². The van der Waals surface area contributed by atoms with Crippen molar-refractivity contribution in [3.8, 4) is 0 Å². The minimum absolute atomic E-state index is 0.0708. The zero-order chi connectivity index (χ0) is 9.73. The minimum Gasteiger partial charge on any atom is -0.377 e. The molecule has 0 aromatic rings. The van der Waals surface area contributed by atoms with Gasteiger partial charge in [-0.2, -0.15) is 0 Å². The van der Waals surface area contributed by atoms with Gasteiger partial charge in [0.1, 0.15) is 0 Å². The molecule has 1 rings (SSSR count). The lowest BCUT2D eigenvalue weighted by Crippen LogP contribution is -2.47. The summed E-state index contributed by atoms with van der Waals surface area (Å²) in [6.45, 7) is 6.96. The summed E-state index contributed by atoms with van der Waals surface area (Å²) in [5.74, 6) is 0. The highest BCUT2D eigenvalue weighted by atomic mass is 16.5. The van der Waals surface area contributed by atoms with Crippen molar-refractivity contribution in [2.45, 2.75) is 44.8 Å². The Labute approximate surface area is 81.0 Å². The monoisotopic (exact) mass is 186 g/mol. The first kappa shape index (κ1) is 11.0. The summed E-state index contributed by atoms with van der Waals surface area (Å²) in [4.78, 5) is 0. The van der Waals surface area contributed by atoms with E-state index in [1.165, 1.54) is 12.8 Å². The molecule has 1 aliphatic rings. The van der Waals surface area contributed by atoms with E-state index < -0.39 is 0 Å². The Morgan fingerprint density at radius 2 is 2.38 bits per heavy atom. The van der Waals surface area contributed by atoms with Gasteiger partial charge < -0.3 is 15.8 Å². The van der Waals surface area contributed by atoms with Crippen LogP contribution in [0.3, 0.4) is 0 Å². The number of ether oxygens (including phenoxy) is 1. The molecule has 0 aromatic heterocycles. The summed E-state index contributed by atoms with van der Waals surface area (Å²) >= 11 is 0. The van der Waals surface area contributed by atoms with Crippen LogP contribution in [0.2, 0.25) is 0 Å². The highest BCUT2D eigenvalue weighted by molar-refractivity contribution is 4.80. The Hall–Kier alpha value is -0.120. The van der Waals surface area contributed by atoms with Crippen molar-refractivity contribution in [1.29, 1.82) is 0 Å². The van der Waals surface area contributed by atoms with Crippen LogP contribution < -0.4 is 11.1 Å². The van der Waals surface area contributed by atoms with Crippen molar-refractivity contribution in [3.63, 3.8) is 0 Å². The number of nitrogens with two attached hydrogens (primary N) is 1. The average Bonchev–Trinajstić information content (AvgIpc) is 2.57. The van der Waals surface area contributed by atoms with Crippen LogP contribution in [-0.4, -0.2) is 31.3 Å². The standard InChI is InChI=1S/C10H22N2O/c1-3-10(2,11)8-12-7-9-5-4-6-13-9/h9,12H,3-8,11H2,1-2H3. The second-order valence-electron chi connectivity index (χ2n) is 4.27. The summed E-state index contributed by atoms with van der Waals surface area (Å²) in [5, 5.41) is 3.37. The summed E-state index contributed by atoms with van der Waals surface area (Å²) in [7, 11) is 0. The van der Waals surface area contributed by atoms with Gasteiger partial charge in [-0.25, -0.2) is 0 Å². The normalized spacial score (nSPS) is 27.5. The number of hydrogen-bond acceptors (Lipinski definition) is 3. The van der Waals surface area contributed by atoms with Crippen LogP contribution in [0, 0.1) is 0 Å². The van der Waals surface area contributed by atoms with Gasteiger partial charge in [-0.1, -0.05) is 6.92 Å². The SMILES string of the molecule is CCC(C)(N)CNCC1CCCO1. The molecule has 0 spiro atoms. The lowest BCUT2D eigenvalue weighted by atomic mass is 10.0. The van der Waals surface area contributed by atoms with Crippen LogP contribution in [0.5, 0.6) is 0 Å². The predicted octanol–water partition coefficient (Wildman–Crippen LogP) is 0.882.